The van der Waals surface area contributed by atoms with Crippen molar-refractivity contribution >= 4 is 7.48 Å². The fourth-order valence-corrected chi connectivity index (χ4v) is 2.74. The highest BCUT2D eigenvalue weighted by atomic mass is 16.5. The molecule has 0 radical (unpaired) electrons. The van der Waals surface area contributed by atoms with Crippen LogP contribution in [0.15, 0.2) is 24.3 Å². The summed E-state index contributed by atoms with van der Waals surface area (Å²) >= 11 is 0. The van der Waals surface area contributed by atoms with Crippen molar-refractivity contribution in [2.75, 3.05) is 27.4 Å². The zero-order chi connectivity index (χ0) is 16.9. The first kappa shape index (κ1) is 16.6. The van der Waals surface area contributed by atoms with Gasteiger partial charge in [0.2, 0.25) is 5.88 Å². The topological polar surface area (TPSA) is 62.7 Å². The first-order valence-corrected chi connectivity index (χ1v) is 8.07. The second-order valence-corrected chi connectivity index (χ2v) is 5.52. The minimum absolute atomic E-state index is 0.283. The van der Waals surface area contributed by atoms with Gasteiger partial charge in [-0.05, 0) is 31.4 Å². The van der Waals surface area contributed by atoms with Gasteiger partial charge in [-0.25, -0.2) is 4.98 Å². The summed E-state index contributed by atoms with van der Waals surface area (Å²) in [6, 6.07) is 7.56. The molecule has 1 aliphatic heterocycles. The highest BCUT2D eigenvalue weighted by Crippen LogP contribution is 2.33. The molecule has 0 saturated carbocycles. The van der Waals surface area contributed by atoms with Crippen LogP contribution in [0, 0.1) is 0 Å². The van der Waals surface area contributed by atoms with Crippen molar-refractivity contribution in [2.24, 2.45) is 0 Å². The molecule has 1 aliphatic rings. The van der Waals surface area contributed by atoms with Crippen molar-refractivity contribution in [3.63, 3.8) is 0 Å². The number of nitrogens with zero attached hydrogens (tertiary/aromatic N) is 2. The molecule has 0 amide bonds. The van der Waals surface area contributed by atoms with Gasteiger partial charge in [-0.15, -0.1) is 0 Å². The Kier molecular flexibility index (Phi) is 5.20. The molecule has 24 heavy (non-hydrogen) atoms. The SMILES string of the molecule is CCOc1cc(-c2nc(OC)cc(C3CBOC3)n2)ccc1OC. The van der Waals surface area contributed by atoms with Gasteiger partial charge in [0.25, 0.3) is 7.48 Å². The summed E-state index contributed by atoms with van der Waals surface area (Å²) in [6.07, 6.45) is 0.965. The Morgan fingerprint density at radius 3 is 2.71 bits per heavy atom. The Bertz CT molecular complexity index is 705. The predicted octanol–water partition coefficient (Wildman–Crippen LogP) is 2.44. The van der Waals surface area contributed by atoms with Gasteiger partial charge >= 0.3 is 0 Å². The molecule has 0 spiro atoms. The van der Waals surface area contributed by atoms with E-state index in [1.165, 1.54) is 0 Å². The lowest BCUT2D eigenvalue weighted by Gasteiger charge is -2.13. The zero-order valence-electron chi connectivity index (χ0n) is 14.2. The fourth-order valence-electron chi connectivity index (χ4n) is 2.74. The first-order valence-electron chi connectivity index (χ1n) is 8.07. The third kappa shape index (κ3) is 3.46. The largest absolute Gasteiger partial charge is 0.493 e. The van der Waals surface area contributed by atoms with Gasteiger partial charge in [0, 0.05) is 24.2 Å². The highest BCUT2D eigenvalue weighted by molar-refractivity contribution is 6.28. The van der Waals surface area contributed by atoms with Crippen LogP contribution in [-0.4, -0.2) is 44.9 Å². The lowest BCUT2D eigenvalue weighted by atomic mass is 9.88. The Morgan fingerprint density at radius 1 is 1.17 bits per heavy atom. The van der Waals surface area contributed by atoms with E-state index in [9.17, 15) is 0 Å². The van der Waals surface area contributed by atoms with Crippen LogP contribution in [0.2, 0.25) is 6.32 Å². The lowest BCUT2D eigenvalue weighted by molar-refractivity contribution is 0.311. The van der Waals surface area contributed by atoms with Crippen molar-refractivity contribution in [1.82, 2.24) is 9.97 Å². The molecule has 0 N–H and O–H groups in total. The summed E-state index contributed by atoms with van der Waals surface area (Å²) in [4.78, 5) is 9.20. The summed E-state index contributed by atoms with van der Waals surface area (Å²) in [5.41, 5.74) is 1.81. The first-order chi connectivity index (χ1) is 11.7. The van der Waals surface area contributed by atoms with E-state index in [0.29, 0.717) is 36.4 Å². The molecule has 126 valence electrons. The van der Waals surface area contributed by atoms with E-state index in [4.69, 9.17) is 23.8 Å². The maximum Gasteiger partial charge on any atom is 0.275 e. The molecule has 0 aliphatic carbocycles. The molecule has 3 rings (SSSR count). The molecule has 1 atom stereocenters. The monoisotopic (exact) mass is 328 g/mol. The molecule has 1 aromatic carbocycles. The maximum absolute atomic E-state index is 5.64. The van der Waals surface area contributed by atoms with Crippen molar-refractivity contribution in [2.45, 2.75) is 19.2 Å². The second-order valence-electron chi connectivity index (χ2n) is 5.52. The number of hydrogen-bond donors (Lipinski definition) is 0. The van der Waals surface area contributed by atoms with Gasteiger partial charge in [0.15, 0.2) is 17.3 Å². The van der Waals surface area contributed by atoms with E-state index in [1.54, 1.807) is 14.2 Å². The van der Waals surface area contributed by atoms with Crippen LogP contribution in [0.4, 0.5) is 0 Å². The van der Waals surface area contributed by atoms with E-state index < -0.39 is 0 Å². The second kappa shape index (κ2) is 7.53. The molecule has 2 aromatic rings. The van der Waals surface area contributed by atoms with Crippen LogP contribution >= 0.6 is 0 Å². The Labute approximate surface area is 142 Å². The Balaban J connectivity index is 2.01. The summed E-state index contributed by atoms with van der Waals surface area (Å²) in [5, 5.41) is 0. The average molecular weight is 328 g/mol. The molecule has 1 unspecified atom stereocenters. The van der Waals surface area contributed by atoms with Crippen molar-refractivity contribution in [3.8, 4) is 28.8 Å². The van der Waals surface area contributed by atoms with Crippen LogP contribution in [0.5, 0.6) is 17.4 Å². The number of methoxy groups -OCH3 is 2. The number of hydrogen-bond acceptors (Lipinski definition) is 6. The van der Waals surface area contributed by atoms with E-state index in [2.05, 4.69) is 4.98 Å². The van der Waals surface area contributed by atoms with Gasteiger partial charge < -0.3 is 18.9 Å². The van der Waals surface area contributed by atoms with Crippen molar-refractivity contribution in [1.29, 1.82) is 0 Å². The number of rotatable bonds is 6. The molecular weight excluding hydrogens is 307 g/mol. The quantitative estimate of drug-likeness (QED) is 0.759. The molecule has 1 fully saturated rings. The van der Waals surface area contributed by atoms with Gasteiger partial charge in [0.1, 0.15) is 0 Å². The zero-order valence-corrected chi connectivity index (χ0v) is 14.2. The maximum atomic E-state index is 5.64. The van der Waals surface area contributed by atoms with Crippen LogP contribution in [0.25, 0.3) is 11.4 Å². The predicted molar refractivity (Wildman–Crippen MR) is 92.4 cm³/mol. The summed E-state index contributed by atoms with van der Waals surface area (Å²) in [7, 11) is 4.00. The molecule has 1 aromatic heterocycles. The minimum Gasteiger partial charge on any atom is -0.493 e. The van der Waals surface area contributed by atoms with Gasteiger partial charge in [-0.2, -0.15) is 4.98 Å². The fraction of sp³-hybridized carbons (Fsp3) is 0.412. The molecule has 1 saturated heterocycles. The number of benzene rings is 1. The van der Waals surface area contributed by atoms with Crippen LogP contribution in [-0.2, 0) is 4.65 Å². The Morgan fingerprint density at radius 2 is 2.04 bits per heavy atom. The molecule has 2 heterocycles. The van der Waals surface area contributed by atoms with Crippen molar-refractivity contribution in [3.05, 3.63) is 30.0 Å². The molecular formula is C17H21BN2O4. The van der Waals surface area contributed by atoms with E-state index in [0.717, 1.165) is 25.1 Å². The summed E-state index contributed by atoms with van der Waals surface area (Å²) in [6.45, 7) is 3.18. The number of ether oxygens (including phenoxy) is 3. The standard InChI is InChI=1S/C17H21BN2O4/c1-4-23-15-7-11(5-6-14(15)21-2)17-19-13(8-16(20-17)22-3)12-9-18-24-10-12/h5-8,12,18H,4,9-10H2,1-3H3. The van der Waals surface area contributed by atoms with Gasteiger partial charge in [-0.1, -0.05) is 0 Å². The average Bonchev–Trinajstić information content (AvgIpc) is 3.16. The third-order valence-electron chi connectivity index (χ3n) is 4.00. The smallest absolute Gasteiger partial charge is 0.275 e. The Hall–Kier alpha value is -2.28. The normalized spacial score (nSPS) is 16.5. The van der Waals surface area contributed by atoms with E-state index in [1.807, 2.05) is 31.2 Å². The van der Waals surface area contributed by atoms with E-state index >= 15 is 0 Å². The van der Waals surface area contributed by atoms with Crippen molar-refractivity contribution < 1.29 is 18.9 Å². The van der Waals surface area contributed by atoms with Gasteiger partial charge in [0.05, 0.1) is 26.5 Å². The lowest BCUT2D eigenvalue weighted by Crippen LogP contribution is -2.05. The molecule has 6 nitrogen and oxygen atoms in total. The summed E-state index contributed by atoms with van der Waals surface area (Å²) in [5.74, 6) is 2.81. The highest BCUT2D eigenvalue weighted by Gasteiger charge is 2.22. The minimum atomic E-state index is 0.283. The molecule has 0 bridgehead atoms. The number of aromatic nitrogens is 2. The van der Waals surface area contributed by atoms with E-state index in [-0.39, 0.29) is 5.92 Å². The van der Waals surface area contributed by atoms with Crippen LogP contribution in [0.3, 0.4) is 0 Å². The molecule has 7 heteroatoms. The summed E-state index contributed by atoms with van der Waals surface area (Å²) < 4.78 is 21.8. The van der Waals surface area contributed by atoms with Gasteiger partial charge in [-0.3, -0.25) is 0 Å². The van der Waals surface area contributed by atoms with Crippen LogP contribution in [0.1, 0.15) is 18.5 Å². The van der Waals surface area contributed by atoms with Crippen LogP contribution < -0.4 is 14.2 Å². The third-order valence-corrected chi connectivity index (χ3v) is 4.00.